The number of aromatic nitrogens is 1. The van der Waals surface area contributed by atoms with Crippen LogP contribution < -0.4 is 5.32 Å². The van der Waals surface area contributed by atoms with Crippen molar-refractivity contribution >= 4 is 32.9 Å². The Morgan fingerprint density at radius 2 is 2.14 bits per heavy atom. The number of nitro benzene ring substituents is 1. The molecule has 1 aromatic heterocycles. The highest BCUT2D eigenvalue weighted by molar-refractivity contribution is 7.16. The number of nitrogens with zero attached hydrogens (tertiary/aromatic N) is 2. The van der Waals surface area contributed by atoms with Crippen molar-refractivity contribution in [3.05, 3.63) is 27.8 Å². The molecule has 7 heteroatoms. The van der Waals surface area contributed by atoms with Gasteiger partial charge in [-0.2, -0.15) is 0 Å². The van der Waals surface area contributed by atoms with Gasteiger partial charge < -0.3 is 10.4 Å². The van der Waals surface area contributed by atoms with Crippen LogP contribution in [0.4, 0.5) is 11.4 Å². The summed E-state index contributed by atoms with van der Waals surface area (Å²) < 4.78 is 0.800. The fourth-order valence-electron chi connectivity index (χ4n) is 2.87. The average molecular weight is 307 g/mol. The largest absolute Gasteiger partial charge is 0.391 e. The molecule has 2 unspecified atom stereocenters. The van der Waals surface area contributed by atoms with Gasteiger partial charge in [0.15, 0.2) is 5.52 Å². The summed E-state index contributed by atoms with van der Waals surface area (Å²) in [4.78, 5) is 15.1. The molecule has 0 amide bonds. The van der Waals surface area contributed by atoms with Gasteiger partial charge in [-0.05, 0) is 25.0 Å². The van der Waals surface area contributed by atoms with E-state index in [0.717, 1.165) is 36.8 Å². The second-order valence-electron chi connectivity index (χ2n) is 5.37. The molecule has 2 N–H and O–H groups in total. The van der Waals surface area contributed by atoms with E-state index in [1.165, 1.54) is 11.3 Å². The van der Waals surface area contributed by atoms with Crippen LogP contribution >= 0.6 is 11.3 Å². The molecule has 0 aliphatic heterocycles. The number of nitro groups is 1. The van der Waals surface area contributed by atoms with E-state index in [0.29, 0.717) is 11.2 Å². The maximum Gasteiger partial charge on any atom is 0.319 e. The molecule has 1 aliphatic rings. The standard InChI is InChI=1S/C14H17N3O3S/c18-11-5-3-1-2-4-9(11)16-10-6-7-12-13(15-8-21-12)14(10)17(19)20/h6-9,11,16,18H,1-5H2. The third-order valence-electron chi connectivity index (χ3n) is 3.98. The van der Waals surface area contributed by atoms with Gasteiger partial charge in [0, 0.05) is 0 Å². The zero-order valence-corrected chi connectivity index (χ0v) is 12.3. The Labute approximate surface area is 126 Å². The van der Waals surface area contributed by atoms with Crippen LogP contribution in [-0.2, 0) is 0 Å². The van der Waals surface area contributed by atoms with Crippen LogP contribution in [0.15, 0.2) is 17.6 Å². The van der Waals surface area contributed by atoms with E-state index in [4.69, 9.17) is 0 Å². The fraction of sp³-hybridized carbons (Fsp3) is 0.500. The van der Waals surface area contributed by atoms with E-state index in [9.17, 15) is 15.2 Å². The minimum atomic E-state index is -0.460. The van der Waals surface area contributed by atoms with Crippen molar-refractivity contribution in [2.24, 2.45) is 0 Å². The molecule has 0 bridgehead atoms. The topological polar surface area (TPSA) is 88.3 Å². The van der Waals surface area contributed by atoms with Crippen molar-refractivity contribution in [2.75, 3.05) is 5.32 Å². The van der Waals surface area contributed by atoms with Crippen molar-refractivity contribution in [1.29, 1.82) is 0 Å². The number of hydrogen-bond donors (Lipinski definition) is 2. The van der Waals surface area contributed by atoms with E-state index in [2.05, 4.69) is 10.3 Å². The molecular formula is C14H17N3O3S. The summed E-state index contributed by atoms with van der Waals surface area (Å²) in [5, 5.41) is 24.7. The summed E-state index contributed by atoms with van der Waals surface area (Å²) in [6, 6.07) is 3.42. The van der Waals surface area contributed by atoms with Crippen molar-refractivity contribution in [3.63, 3.8) is 0 Å². The summed E-state index contributed by atoms with van der Waals surface area (Å²) in [6.07, 6.45) is 4.24. The molecular weight excluding hydrogens is 290 g/mol. The van der Waals surface area contributed by atoms with E-state index in [-0.39, 0.29) is 11.7 Å². The predicted octanol–water partition coefficient (Wildman–Crippen LogP) is 3.31. The van der Waals surface area contributed by atoms with E-state index in [1.807, 2.05) is 6.07 Å². The molecule has 0 radical (unpaired) electrons. The summed E-state index contributed by atoms with van der Waals surface area (Å²) in [7, 11) is 0. The number of aliphatic hydroxyl groups is 1. The second-order valence-corrected chi connectivity index (χ2v) is 6.26. The van der Waals surface area contributed by atoms with Gasteiger partial charge in [-0.3, -0.25) is 10.1 Å². The number of anilines is 1. The highest BCUT2D eigenvalue weighted by Crippen LogP contribution is 2.35. The maximum absolute atomic E-state index is 11.4. The van der Waals surface area contributed by atoms with E-state index >= 15 is 0 Å². The highest BCUT2D eigenvalue weighted by atomic mass is 32.1. The molecule has 2 aromatic rings. The van der Waals surface area contributed by atoms with Gasteiger partial charge in [0.2, 0.25) is 0 Å². The minimum Gasteiger partial charge on any atom is -0.391 e. The molecule has 1 heterocycles. The van der Waals surface area contributed by atoms with Gasteiger partial charge in [0.1, 0.15) is 5.69 Å². The SMILES string of the molecule is O=[N+]([O-])c1c(NC2CCCCCC2O)ccc2scnc12. The Bertz CT molecular complexity index is 658. The van der Waals surface area contributed by atoms with Gasteiger partial charge in [0.05, 0.1) is 27.3 Å². The van der Waals surface area contributed by atoms with E-state index in [1.54, 1.807) is 11.6 Å². The molecule has 3 rings (SSSR count). The highest BCUT2D eigenvalue weighted by Gasteiger charge is 2.26. The zero-order valence-electron chi connectivity index (χ0n) is 11.5. The maximum atomic E-state index is 11.4. The number of hydrogen-bond acceptors (Lipinski definition) is 6. The zero-order chi connectivity index (χ0) is 14.8. The lowest BCUT2D eigenvalue weighted by atomic mass is 10.1. The monoisotopic (exact) mass is 307 g/mol. The van der Waals surface area contributed by atoms with Crippen molar-refractivity contribution in [2.45, 2.75) is 44.2 Å². The normalized spacial score (nSPS) is 22.9. The molecule has 0 spiro atoms. The van der Waals surface area contributed by atoms with Crippen molar-refractivity contribution < 1.29 is 10.0 Å². The molecule has 0 saturated heterocycles. The minimum absolute atomic E-state index is 0.00481. The Hall–Kier alpha value is -1.73. The quantitative estimate of drug-likeness (QED) is 0.516. The van der Waals surface area contributed by atoms with Crippen LogP contribution in [-0.4, -0.2) is 27.2 Å². The van der Waals surface area contributed by atoms with Gasteiger partial charge in [-0.1, -0.05) is 19.3 Å². The van der Waals surface area contributed by atoms with Crippen LogP contribution in [0.2, 0.25) is 0 Å². The molecule has 1 fully saturated rings. The fourth-order valence-corrected chi connectivity index (χ4v) is 3.55. The average Bonchev–Trinajstić information content (AvgIpc) is 2.83. The first-order valence-corrected chi connectivity index (χ1v) is 8.00. The van der Waals surface area contributed by atoms with E-state index < -0.39 is 11.0 Å². The van der Waals surface area contributed by atoms with Crippen LogP contribution in [0.5, 0.6) is 0 Å². The number of aliphatic hydroxyl groups excluding tert-OH is 1. The van der Waals surface area contributed by atoms with Crippen molar-refractivity contribution in [3.8, 4) is 0 Å². The van der Waals surface area contributed by atoms with Crippen LogP contribution in [0.3, 0.4) is 0 Å². The van der Waals surface area contributed by atoms with Gasteiger partial charge in [-0.25, -0.2) is 4.98 Å². The lowest BCUT2D eigenvalue weighted by molar-refractivity contribution is -0.382. The predicted molar refractivity (Wildman–Crippen MR) is 82.8 cm³/mol. The van der Waals surface area contributed by atoms with Crippen LogP contribution in [0.25, 0.3) is 10.2 Å². The first kappa shape index (κ1) is 14.2. The summed E-state index contributed by atoms with van der Waals surface area (Å²) >= 11 is 1.38. The van der Waals surface area contributed by atoms with Crippen molar-refractivity contribution in [1.82, 2.24) is 4.98 Å². The number of rotatable bonds is 3. The van der Waals surface area contributed by atoms with Crippen LogP contribution in [0.1, 0.15) is 32.1 Å². The van der Waals surface area contributed by atoms with Gasteiger partial charge >= 0.3 is 5.69 Å². The molecule has 21 heavy (non-hydrogen) atoms. The molecule has 1 aliphatic carbocycles. The smallest absolute Gasteiger partial charge is 0.319 e. The van der Waals surface area contributed by atoms with Gasteiger partial charge in [0.25, 0.3) is 0 Å². The molecule has 1 aromatic carbocycles. The third-order valence-corrected chi connectivity index (χ3v) is 4.77. The lowest BCUT2D eigenvalue weighted by Crippen LogP contribution is -2.32. The molecule has 2 atom stereocenters. The lowest BCUT2D eigenvalue weighted by Gasteiger charge is -2.22. The number of fused-ring (bicyclic) bond motifs is 1. The number of thiazole rings is 1. The molecule has 1 saturated carbocycles. The first-order chi connectivity index (χ1) is 10.2. The Kier molecular flexibility index (Phi) is 4.03. The summed E-state index contributed by atoms with van der Waals surface area (Å²) in [5.41, 5.74) is 2.48. The second kappa shape index (κ2) is 5.95. The first-order valence-electron chi connectivity index (χ1n) is 7.12. The molecule has 112 valence electrons. The number of nitrogens with one attached hydrogen (secondary N) is 1. The van der Waals surface area contributed by atoms with Gasteiger partial charge in [-0.15, -0.1) is 11.3 Å². The van der Waals surface area contributed by atoms with Crippen LogP contribution in [0, 0.1) is 10.1 Å². The third kappa shape index (κ3) is 2.84. The summed E-state index contributed by atoms with van der Waals surface area (Å²) in [6.45, 7) is 0. The summed E-state index contributed by atoms with van der Waals surface area (Å²) in [5.74, 6) is 0. The molecule has 6 nitrogen and oxygen atoms in total. The Balaban J connectivity index is 1.95. The Morgan fingerprint density at radius 1 is 1.33 bits per heavy atom. The Morgan fingerprint density at radius 3 is 2.95 bits per heavy atom. The number of benzene rings is 1.